The number of hydrogen-bond acceptors (Lipinski definition) is 3. The van der Waals surface area contributed by atoms with Gasteiger partial charge in [0.05, 0.1) is 6.54 Å². The van der Waals surface area contributed by atoms with E-state index in [9.17, 15) is 0 Å². The second kappa shape index (κ2) is 7.98. The summed E-state index contributed by atoms with van der Waals surface area (Å²) in [7, 11) is 0. The maximum Gasteiger partial charge on any atom is 0.156 e. The number of amidine groups is 1. The van der Waals surface area contributed by atoms with E-state index in [1.165, 1.54) is 12.2 Å². The molecule has 0 aromatic heterocycles. The summed E-state index contributed by atoms with van der Waals surface area (Å²) in [5.74, 6) is 1.91. The molecule has 0 saturated carbocycles. The first-order chi connectivity index (χ1) is 8.17. The van der Waals surface area contributed by atoms with Crippen molar-refractivity contribution < 1.29 is 0 Å². The van der Waals surface area contributed by atoms with Crippen LogP contribution in [0.3, 0.4) is 0 Å². The zero-order valence-corrected chi connectivity index (χ0v) is 12.5. The zero-order chi connectivity index (χ0) is 12.7. The Hall–Kier alpha value is -0.220. The number of rotatable bonds is 6. The summed E-state index contributed by atoms with van der Waals surface area (Å²) in [5, 5.41) is 4.71. The highest BCUT2D eigenvalue weighted by molar-refractivity contribution is 8.13. The third kappa shape index (κ3) is 5.30. The van der Waals surface area contributed by atoms with Crippen LogP contribution in [0.25, 0.3) is 0 Å². The van der Waals surface area contributed by atoms with Gasteiger partial charge in [0, 0.05) is 18.3 Å². The van der Waals surface area contributed by atoms with Gasteiger partial charge in [0.2, 0.25) is 0 Å². The van der Waals surface area contributed by atoms with Crippen molar-refractivity contribution in [1.29, 1.82) is 0 Å². The van der Waals surface area contributed by atoms with Gasteiger partial charge in [0.25, 0.3) is 0 Å². The summed E-state index contributed by atoms with van der Waals surface area (Å²) in [6, 6.07) is 0.614. The summed E-state index contributed by atoms with van der Waals surface area (Å²) in [6.45, 7) is 13.2. The summed E-state index contributed by atoms with van der Waals surface area (Å²) in [4.78, 5) is 7.09. The molecule has 1 N–H and O–H groups in total. The molecule has 1 saturated heterocycles. The van der Waals surface area contributed by atoms with Crippen LogP contribution in [0.15, 0.2) is 4.99 Å². The van der Waals surface area contributed by atoms with Crippen molar-refractivity contribution in [3.8, 4) is 0 Å². The van der Waals surface area contributed by atoms with Crippen LogP contribution < -0.4 is 5.32 Å². The molecule has 0 spiro atoms. The van der Waals surface area contributed by atoms with E-state index >= 15 is 0 Å². The Kier molecular flexibility index (Phi) is 6.97. The third-order valence-electron chi connectivity index (χ3n) is 3.35. The summed E-state index contributed by atoms with van der Waals surface area (Å²) in [6.07, 6.45) is 1.26. The minimum atomic E-state index is 0.614. The Labute approximate surface area is 110 Å². The Balaban J connectivity index is 2.33. The lowest BCUT2D eigenvalue weighted by atomic mass is 10.0. The van der Waals surface area contributed by atoms with Crippen LogP contribution in [0.1, 0.15) is 34.1 Å². The van der Waals surface area contributed by atoms with Crippen molar-refractivity contribution in [2.24, 2.45) is 10.9 Å². The first-order valence-corrected chi connectivity index (χ1v) is 7.82. The van der Waals surface area contributed by atoms with E-state index < -0.39 is 0 Å². The number of hydrogen-bond donors (Lipinski definition) is 1. The van der Waals surface area contributed by atoms with E-state index in [0.29, 0.717) is 12.0 Å². The molecule has 0 aromatic carbocycles. The second-order valence-corrected chi connectivity index (χ2v) is 5.93. The average molecular weight is 257 g/mol. The molecule has 3 nitrogen and oxygen atoms in total. The first-order valence-electron chi connectivity index (χ1n) is 6.83. The van der Waals surface area contributed by atoms with Crippen molar-refractivity contribution in [3.63, 3.8) is 0 Å². The summed E-state index contributed by atoms with van der Waals surface area (Å²) >= 11 is 1.87. The molecule has 1 atom stereocenters. The van der Waals surface area contributed by atoms with E-state index in [1.807, 2.05) is 11.8 Å². The lowest BCUT2D eigenvalue weighted by Gasteiger charge is -2.28. The molecule has 0 amide bonds. The monoisotopic (exact) mass is 257 g/mol. The average Bonchev–Trinajstić information content (AvgIpc) is 2.35. The minimum Gasteiger partial charge on any atom is -0.362 e. The lowest BCUT2D eigenvalue weighted by molar-refractivity contribution is 0.313. The predicted molar refractivity (Wildman–Crippen MR) is 78.9 cm³/mol. The van der Waals surface area contributed by atoms with Crippen molar-refractivity contribution in [1.82, 2.24) is 10.2 Å². The smallest absolute Gasteiger partial charge is 0.156 e. The van der Waals surface area contributed by atoms with E-state index in [4.69, 9.17) is 0 Å². The van der Waals surface area contributed by atoms with Crippen LogP contribution in [0.4, 0.5) is 0 Å². The quantitative estimate of drug-likeness (QED) is 0.792. The maximum atomic E-state index is 4.68. The SMILES string of the molecule is CCN(CC)CCN=C1NC(C(C)C)CCS1. The van der Waals surface area contributed by atoms with Gasteiger partial charge < -0.3 is 10.2 Å². The molecule has 1 aliphatic heterocycles. The first kappa shape index (κ1) is 14.8. The third-order valence-corrected chi connectivity index (χ3v) is 4.31. The number of nitrogens with one attached hydrogen (secondary N) is 1. The van der Waals surface area contributed by atoms with Crippen LogP contribution in [0.5, 0.6) is 0 Å². The van der Waals surface area contributed by atoms with Crippen molar-refractivity contribution in [2.75, 3.05) is 31.9 Å². The second-order valence-electron chi connectivity index (χ2n) is 4.85. The maximum absolute atomic E-state index is 4.68. The molecule has 1 rings (SSSR count). The van der Waals surface area contributed by atoms with Gasteiger partial charge in [0.1, 0.15) is 0 Å². The van der Waals surface area contributed by atoms with Gasteiger partial charge in [-0.15, -0.1) is 0 Å². The highest BCUT2D eigenvalue weighted by Gasteiger charge is 2.19. The summed E-state index contributed by atoms with van der Waals surface area (Å²) < 4.78 is 0. The Morgan fingerprint density at radius 2 is 2.12 bits per heavy atom. The van der Waals surface area contributed by atoms with Gasteiger partial charge in [0.15, 0.2) is 5.17 Å². The molecule has 1 unspecified atom stereocenters. The normalized spacial score (nSPS) is 23.4. The molecule has 4 heteroatoms. The van der Waals surface area contributed by atoms with E-state index in [1.54, 1.807) is 0 Å². The topological polar surface area (TPSA) is 27.6 Å². The number of nitrogens with zero attached hydrogens (tertiary/aromatic N) is 2. The highest BCUT2D eigenvalue weighted by Crippen LogP contribution is 2.18. The Bertz CT molecular complexity index is 237. The summed E-state index contributed by atoms with van der Waals surface area (Å²) in [5.41, 5.74) is 0. The van der Waals surface area contributed by atoms with Crippen LogP contribution in [0.2, 0.25) is 0 Å². The predicted octanol–water partition coefficient (Wildman–Crippen LogP) is 2.44. The molecule has 1 aliphatic rings. The molecule has 1 fully saturated rings. The molecule has 1 heterocycles. The Morgan fingerprint density at radius 3 is 2.71 bits per heavy atom. The lowest BCUT2D eigenvalue weighted by Crippen LogP contribution is -2.41. The minimum absolute atomic E-state index is 0.614. The molecule has 0 aromatic rings. The van der Waals surface area contributed by atoms with Crippen LogP contribution in [-0.2, 0) is 0 Å². The van der Waals surface area contributed by atoms with Crippen LogP contribution in [0, 0.1) is 5.92 Å². The number of aliphatic imine (C=N–C) groups is 1. The van der Waals surface area contributed by atoms with Gasteiger partial charge in [-0.05, 0) is 25.4 Å². The van der Waals surface area contributed by atoms with Gasteiger partial charge in [-0.3, -0.25) is 4.99 Å². The van der Waals surface area contributed by atoms with Gasteiger partial charge in [-0.25, -0.2) is 0 Å². The molecule has 0 aliphatic carbocycles. The molecular formula is C13H27N3S. The van der Waals surface area contributed by atoms with Gasteiger partial charge in [-0.2, -0.15) is 0 Å². The molecular weight excluding hydrogens is 230 g/mol. The van der Waals surface area contributed by atoms with E-state index in [-0.39, 0.29) is 0 Å². The standard InChI is InChI=1S/C13H27N3S/c1-5-16(6-2)9-8-14-13-15-12(11(3)4)7-10-17-13/h11-12H,5-10H2,1-4H3,(H,14,15). The molecule has 0 radical (unpaired) electrons. The Morgan fingerprint density at radius 1 is 1.41 bits per heavy atom. The fourth-order valence-corrected chi connectivity index (χ4v) is 2.96. The molecule has 0 bridgehead atoms. The van der Waals surface area contributed by atoms with Gasteiger partial charge >= 0.3 is 0 Å². The van der Waals surface area contributed by atoms with Crippen molar-refractivity contribution in [3.05, 3.63) is 0 Å². The molecule has 17 heavy (non-hydrogen) atoms. The van der Waals surface area contributed by atoms with Crippen molar-refractivity contribution in [2.45, 2.75) is 40.2 Å². The van der Waals surface area contributed by atoms with E-state index in [0.717, 1.165) is 31.3 Å². The zero-order valence-electron chi connectivity index (χ0n) is 11.7. The largest absolute Gasteiger partial charge is 0.362 e. The van der Waals surface area contributed by atoms with Crippen molar-refractivity contribution >= 4 is 16.9 Å². The van der Waals surface area contributed by atoms with Gasteiger partial charge in [-0.1, -0.05) is 39.5 Å². The molecule has 100 valence electrons. The fourth-order valence-electron chi connectivity index (χ4n) is 1.98. The number of likely N-dealkylation sites (N-methyl/N-ethyl adjacent to an activating group) is 1. The number of thioether (sulfide) groups is 1. The fraction of sp³-hybridized carbons (Fsp3) is 0.923. The highest BCUT2D eigenvalue weighted by atomic mass is 32.2. The van der Waals surface area contributed by atoms with Crippen LogP contribution in [-0.4, -0.2) is 48.0 Å². The van der Waals surface area contributed by atoms with Crippen LogP contribution >= 0.6 is 11.8 Å². The van der Waals surface area contributed by atoms with E-state index in [2.05, 4.69) is 42.9 Å².